The Bertz CT molecular complexity index is 1720. The normalized spacial score (nSPS) is 11.5. The van der Waals surface area contributed by atoms with Crippen LogP contribution in [-0.4, -0.2) is 39.0 Å². The predicted octanol–water partition coefficient (Wildman–Crippen LogP) is 5.89. The summed E-state index contributed by atoms with van der Waals surface area (Å²) in [5.41, 5.74) is 1.57. The van der Waals surface area contributed by atoms with Crippen LogP contribution in [0.2, 0.25) is 0 Å². The Morgan fingerprint density at radius 2 is 1.77 bits per heavy atom. The lowest BCUT2D eigenvalue weighted by Crippen LogP contribution is -2.26. The summed E-state index contributed by atoms with van der Waals surface area (Å²) in [4.78, 5) is 25.7. The summed E-state index contributed by atoms with van der Waals surface area (Å²) >= 11 is 0. The van der Waals surface area contributed by atoms with Crippen molar-refractivity contribution in [1.29, 1.82) is 0 Å². The molecule has 0 aliphatic rings. The molecule has 0 aliphatic carbocycles. The second-order valence-electron chi connectivity index (χ2n) is 8.93. The summed E-state index contributed by atoms with van der Waals surface area (Å²) in [6, 6.07) is 17.7. The fourth-order valence-electron chi connectivity index (χ4n) is 4.03. The summed E-state index contributed by atoms with van der Waals surface area (Å²) in [7, 11) is 1.57. The Labute approximate surface area is 225 Å². The van der Waals surface area contributed by atoms with Crippen LogP contribution < -0.4 is 9.64 Å². The number of hydrogen-bond donors (Lipinski definition) is 1. The molecule has 9 nitrogen and oxygen atoms in total. The Hall–Kier alpha value is -5.13. The van der Waals surface area contributed by atoms with E-state index in [1.165, 1.54) is 53.4 Å². The molecule has 0 aliphatic heterocycles. The van der Waals surface area contributed by atoms with Crippen molar-refractivity contribution in [2.45, 2.75) is 19.7 Å². The van der Waals surface area contributed by atoms with Gasteiger partial charge in [0.15, 0.2) is 11.3 Å². The standard InChI is InChI=1S/C28H21F3N4O5/c1-16-22-11-10-20(13-23(22)40-33-16)34(2)26(36)19-4-3-5-21(12-19)35-25(14-24(32-35)28(29,30)31)39-15-17-6-8-18(9-7-17)27(37)38/h3-14H,15H2,1-2H3,(H,37,38). The first kappa shape index (κ1) is 26.5. The molecule has 2 aromatic heterocycles. The van der Waals surface area contributed by atoms with E-state index in [9.17, 15) is 22.8 Å². The summed E-state index contributed by atoms with van der Waals surface area (Å²) in [5.74, 6) is -1.73. The van der Waals surface area contributed by atoms with E-state index in [0.29, 0.717) is 16.8 Å². The van der Waals surface area contributed by atoms with Crippen LogP contribution in [0.4, 0.5) is 18.9 Å². The molecule has 1 N–H and O–H groups in total. The van der Waals surface area contributed by atoms with Crippen LogP contribution in [0.15, 0.2) is 77.3 Å². The Kier molecular flexibility index (Phi) is 6.76. The third kappa shape index (κ3) is 5.23. The van der Waals surface area contributed by atoms with E-state index in [4.69, 9.17) is 14.4 Å². The molecule has 0 saturated carbocycles. The number of aromatic nitrogens is 3. The number of benzene rings is 3. The minimum absolute atomic E-state index is 0.0652. The highest BCUT2D eigenvalue weighted by Crippen LogP contribution is 2.33. The number of amides is 1. The van der Waals surface area contributed by atoms with Gasteiger partial charge in [0.1, 0.15) is 6.61 Å². The predicted molar refractivity (Wildman–Crippen MR) is 138 cm³/mol. The lowest BCUT2D eigenvalue weighted by atomic mass is 10.1. The average molecular weight is 550 g/mol. The van der Waals surface area contributed by atoms with E-state index in [2.05, 4.69) is 10.3 Å². The largest absolute Gasteiger partial charge is 0.478 e. The topological polar surface area (TPSA) is 111 Å². The minimum Gasteiger partial charge on any atom is -0.478 e. The monoisotopic (exact) mass is 550 g/mol. The summed E-state index contributed by atoms with van der Waals surface area (Å²) in [5, 5.41) is 17.5. The molecule has 0 atom stereocenters. The first-order chi connectivity index (χ1) is 19.0. The van der Waals surface area contributed by atoms with Gasteiger partial charge in [0.2, 0.25) is 5.88 Å². The van der Waals surface area contributed by atoms with E-state index < -0.39 is 23.7 Å². The van der Waals surface area contributed by atoms with Crippen LogP contribution in [0.3, 0.4) is 0 Å². The SMILES string of the molecule is Cc1noc2cc(N(C)C(=O)c3cccc(-n4nc(C(F)(F)F)cc4OCc4ccc(C(=O)O)cc4)c3)ccc12. The molecule has 5 aromatic rings. The van der Waals surface area contributed by atoms with Crippen molar-refractivity contribution in [2.75, 3.05) is 11.9 Å². The van der Waals surface area contributed by atoms with Crippen LogP contribution >= 0.6 is 0 Å². The first-order valence-corrected chi connectivity index (χ1v) is 11.9. The zero-order valence-electron chi connectivity index (χ0n) is 21.1. The fraction of sp³-hybridized carbons (Fsp3) is 0.143. The van der Waals surface area contributed by atoms with E-state index in [1.807, 2.05) is 0 Å². The van der Waals surface area contributed by atoms with Crippen molar-refractivity contribution in [3.63, 3.8) is 0 Å². The van der Waals surface area contributed by atoms with E-state index >= 15 is 0 Å². The number of halogens is 3. The van der Waals surface area contributed by atoms with E-state index in [0.717, 1.165) is 21.8 Å². The van der Waals surface area contributed by atoms with Gasteiger partial charge >= 0.3 is 12.1 Å². The second kappa shape index (κ2) is 10.2. The number of anilines is 1. The summed E-state index contributed by atoms with van der Waals surface area (Å²) < 4.78 is 52.5. The second-order valence-corrected chi connectivity index (χ2v) is 8.93. The van der Waals surface area contributed by atoms with Gasteiger partial charge in [0.25, 0.3) is 5.91 Å². The molecule has 3 aromatic carbocycles. The first-order valence-electron chi connectivity index (χ1n) is 11.9. The number of rotatable bonds is 7. The number of carboxylic acid groups (broad SMARTS) is 1. The van der Waals surface area contributed by atoms with Gasteiger partial charge in [0.05, 0.1) is 16.9 Å². The van der Waals surface area contributed by atoms with Crippen LogP contribution in [-0.2, 0) is 12.8 Å². The smallest absolute Gasteiger partial charge is 0.435 e. The summed E-state index contributed by atoms with van der Waals surface area (Å²) in [6.45, 7) is 1.66. The van der Waals surface area contributed by atoms with E-state index in [1.54, 1.807) is 32.2 Å². The van der Waals surface area contributed by atoms with Crippen molar-refractivity contribution in [1.82, 2.24) is 14.9 Å². The van der Waals surface area contributed by atoms with Gasteiger partial charge in [-0.3, -0.25) is 4.79 Å². The summed E-state index contributed by atoms with van der Waals surface area (Å²) in [6.07, 6.45) is -4.74. The number of aryl methyl sites for hydroxylation is 1. The van der Waals surface area contributed by atoms with Gasteiger partial charge in [-0.1, -0.05) is 23.4 Å². The number of nitrogens with zero attached hydrogens (tertiary/aromatic N) is 4. The zero-order chi connectivity index (χ0) is 28.6. The molecule has 0 radical (unpaired) electrons. The van der Waals surface area contributed by atoms with Crippen molar-refractivity contribution in [3.8, 4) is 11.6 Å². The maximum Gasteiger partial charge on any atom is 0.435 e. The minimum atomic E-state index is -4.74. The third-order valence-electron chi connectivity index (χ3n) is 6.22. The molecule has 204 valence electrons. The number of carbonyl (C=O) groups excluding carboxylic acids is 1. The lowest BCUT2D eigenvalue weighted by Gasteiger charge is -2.18. The molecule has 0 fully saturated rings. The molecule has 12 heteroatoms. The van der Waals surface area contributed by atoms with Gasteiger partial charge in [-0.2, -0.15) is 18.3 Å². The number of aromatic carboxylic acids is 1. The molecule has 0 saturated heterocycles. The number of alkyl halides is 3. The van der Waals surface area contributed by atoms with Crippen LogP contribution in [0.1, 0.15) is 37.7 Å². The fourth-order valence-corrected chi connectivity index (χ4v) is 4.03. The molecule has 0 bridgehead atoms. The highest BCUT2D eigenvalue weighted by Gasteiger charge is 2.35. The Balaban J connectivity index is 1.43. The van der Waals surface area contributed by atoms with E-state index in [-0.39, 0.29) is 29.3 Å². The quantitative estimate of drug-likeness (QED) is 0.269. The molecule has 0 unspecified atom stereocenters. The van der Waals surface area contributed by atoms with Crippen LogP contribution in [0.25, 0.3) is 16.7 Å². The molecule has 40 heavy (non-hydrogen) atoms. The van der Waals surface area contributed by atoms with Crippen molar-refractivity contribution in [3.05, 3.63) is 101 Å². The maximum absolute atomic E-state index is 13.5. The zero-order valence-corrected chi connectivity index (χ0v) is 21.1. The number of carbonyl (C=O) groups is 2. The van der Waals surface area contributed by atoms with Crippen molar-refractivity contribution >= 4 is 28.5 Å². The van der Waals surface area contributed by atoms with Gasteiger partial charge in [-0.05, 0) is 55.0 Å². The number of ether oxygens (including phenoxy) is 1. The lowest BCUT2D eigenvalue weighted by molar-refractivity contribution is -0.141. The number of carboxylic acids is 1. The molecule has 0 spiro atoms. The van der Waals surface area contributed by atoms with Gasteiger partial charge < -0.3 is 19.3 Å². The molecule has 1 amide bonds. The average Bonchev–Trinajstić information content (AvgIpc) is 3.55. The molecule has 5 rings (SSSR count). The third-order valence-corrected chi connectivity index (χ3v) is 6.22. The van der Waals surface area contributed by atoms with Crippen molar-refractivity contribution < 1.29 is 37.1 Å². The number of fused-ring (bicyclic) bond motifs is 1. The number of hydrogen-bond acceptors (Lipinski definition) is 6. The van der Waals surface area contributed by atoms with Crippen LogP contribution in [0.5, 0.6) is 5.88 Å². The van der Waals surface area contributed by atoms with Gasteiger partial charge in [0, 0.05) is 35.8 Å². The van der Waals surface area contributed by atoms with Gasteiger partial charge in [-0.25, -0.2) is 9.48 Å². The molecular weight excluding hydrogens is 529 g/mol. The molecule has 2 heterocycles. The Morgan fingerprint density at radius 3 is 2.48 bits per heavy atom. The van der Waals surface area contributed by atoms with Crippen molar-refractivity contribution in [2.24, 2.45) is 0 Å². The van der Waals surface area contributed by atoms with Crippen LogP contribution in [0, 0.1) is 6.92 Å². The maximum atomic E-state index is 13.5. The molecular formula is C28H21F3N4O5. The Morgan fingerprint density at radius 1 is 1.02 bits per heavy atom. The highest BCUT2D eigenvalue weighted by molar-refractivity contribution is 6.06. The highest BCUT2D eigenvalue weighted by atomic mass is 19.4. The van der Waals surface area contributed by atoms with Gasteiger partial charge in [-0.15, -0.1) is 0 Å².